The fourth-order valence-corrected chi connectivity index (χ4v) is 2.94. The molecule has 2 aliphatic rings. The van der Waals surface area contributed by atoms with Crippen molar-refractivity contribution in [1.82, 2.24) is 0 Å². The van der Waals surface area contributed by atoms with Crippen molar-refractivity contribution in [3.8, 4) is 0 Å². The molecule has 70 valence electrons. The Hall–Kier alpha value is -0.0800. The van der Waals surface area contributed by atoms with Gasteiger partial charge in [-0.1, -0.05) is 12.8 Å². The van der Waals surface area contributed by atoms with Crippen LogP contribution in [-0.2, 0) is 0 Å². The molecule has 0 aromatic carbocycles. The van der Waals surface area contributed by atoms with Crippen LogP contribution in [0.3, 0.4) is 0 Å². The van der Waals surface area contributed by atoms with Gasteiger partial charge in [0.15, 0.2) is 0 Å². The molecule has 2 heteroatoms. The van der Waals surface area contributed by atoms with E-state index in [0.717, 1.165) is 38.5 Å². The van der Waals surface area contributed by atoms with Crippen LogP contribution in [0.4, 0.5) is 0 Å². The van der Waals surface area contributed by atoms with Gasteiger partial charge in [0.1, 0.15) is 0 Å². The Morgan fingerprint density at radius 3 is 1.50 bits per heavy atom. The van der Waals surface area contributed by atoms with Crippen LogP contribution in [0.2, 0.25) is 0 Å². The first-order chi connectivity index (χ1) is 5.79. The predicted molar refractivity (Wildman–Crippen MR) is 46.7 cm³/mol. The Balaban J connectivity index is 2.05. The van der Waals surface area contributed by atoms with Crippen LogP contribution < -0.4 is 0 Å². The number of aliphatic hydroxyl groups is 2. The standard InChI is InChI=1S/C10H18O2/c11-9-5-1-3-7-8(9)4-2-6-10(7)12/h7-12H,1-6H2/t7?,8?,9-,10-/m1/s1. The number of hydrogen-bond donors (Lipinski definition) is 2. The minimum absolute atomic E-state index is 0.126. The molecule has 2 N–H and O–H groups in total. The van der Waals surface area contributed by atoms with Crippen LogP contribution in [0, 0.1) is 11.8 Å². The zero-order chi connectivity index (χ0) is 8.55. The highest BCUT2D eigenvalue weighted by molar-refractivity contribution is 4.89. The van der Waals surface area contributed by atoms with Crippen molar-refractivity contribution in [2.75, 3.05) is 0 Å². The minimum Gasteiger partial charge on any atom is -0.393 e. The van der Waals surface area contributed by atoms with Crippen LogP contribution in [0.25, 0.3) is 0 Å². The number of aliphatic hydroxyl groups excluding tert-OH is 2. The lowest BCUT2D eigenvalue weighted by atomic mass is 9.68. The van der Waals surface area contributed by atoms with Crippen molar-refractivity contribution in [3.63, 3.8) is 0 Å². The van der Waals surface area contributed by atoms with Gasteiger partial charge in [0, 0.05) is 0 Å². The second-order valence-corrected chi connectivity index (χ2v) is 4.32. The molecule has 0 bridgehead atoms. The summed E-state index contributed by atoms with van der Waals surface area (Å²) in [5.41, 5.74) is 0. The van der Waals surface area contributed by atoms with E-state index in [4.69, 9.17) is 0 Å². The lowest BCUT2D eigenvalue weighted by molar-refractivity contribution is -0.0529. The molecule has 0 spiro atoms. The van der Waals surface area contributed by atoms with Gasteiger partial charge in [-0.2, -0.15) is 0 Å². The smallest absolute Gasteiger partial charge is 0.0572 e. The van der Waals surface area contributed by atoms with Crippen molar-refractivity contribution in [2.45, 2.75) is 50.7 Å². The third kappa shape index (κ3) is 1.38. The second-order valence-electron chi connectivity index (χ2n) is 4.32. The van der Waals surface area contributed by atoms with Crippen molar-refractivity contribution >= 4 is 0 Å². The van der Waals surface area contributed by atoms with Gasteiger partial charge in [0.2, 0.25) is 0 Å². The molecule has 12 heavy (non-hydrogen) atoms. The Kier molecular flexibility index (Phi) is 2.37. The summed E-state index contributed by atoms with van der Waals surface area (Å²) in [4.78, 5) is 0. The highest BCUT2D eigenvalue weighted by atomic mass is 16.3. The first-order valence-corrected chi connectivity index (χ1v) is 5.15. The maximum absolute atomic E-state index is 9.71. The summed E-state index contributed by atoms with van der Waals surface area (Å²) in [6.07, 6.45) is 6.10. The topological polar surface area (TPSA) is 40.5 Å². The van der Waals surface area contributed by atoms with Gasteiger partial charge >= 0.3 is 0 Å². The SMILES string of the molecule is O[C@@H]1CCCC2C1CCC[C@H]2O. The summed E-state index contributed by atoms with van der Waals surface area (Å²) in [5, 5.41) is 19.4. The van der Waals surface area contributed by atoms with E-state index in [1.165, 1.54) is 0 Å². The van der Waals surface area contributed by atoms with Crippen LogP contribution >= 0.6 is 0 Å². The molecule has 2 nitrogen and oxygen atoms in total. The predicted octanol–water partition coefficient (Wildman–Crippen LogP) is 1.31. The van der Waals surface area contributed by atoms with Crippen molar-refractivity contribution in [2.24, 2.45) is 11.8 Å². The Labute approximate surface area is 73.6 Å². The third-order valence-electron chi connectivity index (χ3n) is 3.61. The normalized spacial score (nSPS) is 48.5. The Bertz CT molecular complexity index is 140. The van der Waals surface area contributed by atoms with Gasteiger partial charge in [-0.05, 0) is 37.5 Å². The largest absolute Gasteiger partial charge is 0.393 e. The summed E-state index contributed by atoms with van der Waals surface area (Å²) >= 11 is 0. The van der Waals surface area contributed by atoms with Crippen LogP contribution in [0.5, 0.6) is 0 Å². The molecule has 0 aromatic heterocycles. The number of hydrogen-bond acceptors (Lipinski definition) is 2. The molecule has 2 saturated carbocycles. The zero-order valence-electron chi connectivity index (χ0n) is 7.45. The first-order valence-electron chi connectivity index (χ1n) is 5.15. The molecule has 0 radical (unpaired) electrons. The van der Waals surface area contributed by atoms with Crippen LogP contribution in [0.1, 0.15) is 38.5 Å². The van der Waals surface area contributed by atoms with Gasteiger partial charge < -0.3 is 10.2 Å². The van der Waals surface area contributed by atoms with Gasteiger partial charge in [-0.3, -0.25) is 0 Å². The lowest BCUT2D eigenvalue weighted by Gasteiger charge is -2.41. The Morgan fingerprint density at radius 1 is 0.667 bits per heavy atom. The maximum Gasteiger partial charge on any atom is 0.0572 e. The average Bonchev–Trinajstić information content (AvgIpc) is 2.07. The van der Waals surface area contributed by atoms with Gasteiger partial charge in [-0.25, -0.2) is 0 Å². The Morgan fingerprint density at radius 2 is 1.08 bits per heavy atom. The molecule has 4 atom stereocenters. The number of rotatable bonds is 0. The molecule has 2 aliphatic carbocycles. The molecule has 0 saturated heterocycles. The highest BCUT2D eigenvalue weighted by Crippen LogP contribution is 2.40. The lowest BCUT2D eigenvalue weighted by Crippen LogP contribution is -2.41. The maximum atomic E-state index is 9.71. The molecule has 2 fully saturated rings. The van der Waals surface area contributed by atoms with Crippen molar-refractivity contribution in [3.05, 3.63) is 0 Å². The van der Waals surface area contributed by atoms with Crippen molar-refractivity contribution in [1.29, 1.82) is 0 Å². The summed E-state index contributed by atoms with van der Waals surface area (Å²) in [7, 11) is 0. The summed E-state index contributed by atoms with van der Waals surface area (Å²) in [6.45, 7) is 0. The van der Waals surface area contributed by atoms with E-state index < -0.39 is 0 Å². The van der Waals surface area contributed by atoms with Crippen LogP contribution in [0.15, 0.2) is 0 Å². The van der Waals surface area contributed by atoms with Crippen molar-refractivity contribution < 1.29 is 10.2 Å². The molecule has 0 heterocycles. The van der Waals surface area contributed by atoms with E-state index in [9.17, 15) is 10.2 Å². The molecular formula is C10H18O2. The summed E-state index contributed by atoms with van der Waals surface area (Å²) < 4.78 is 0. The highest BCUT2D eigenvalue weighted by Gasteiger charge is 2.38. The molecule has 0 amide bonds. The van der Waals surface area contributed by atoms with E-state index in [1.807, 2.05) is 0 Å². The summed E-state index contributed by atoms with van der Waals surface area (Å²) in [5.74, 6) is 0.810. The number of fused-ring (bicyclic) bond motifs is 1. The average molecular weight is 170 g/mol. The minimum atomic E-state index is -0.126. The van der Waals surface area contributed by atoms with E-state index in [2.05, 4.69) is 0 Å². The van der Waals surface area contributed by atoms with E-state index in [1.54, 1.807) is 0 Å². The fourth-order valence-electron chi connectivity index (χ4n) is 2.94. The van der Waals surface area contributed by atoms with Gasteiger partial charge in [0.25, 0.3) is 0 Å². The van der Waals surface area contributed by atoms with E-state index in [0.29, 0.717) is 11.8 Å². The second kappa shape index (κ2) is 3.35. The molecular weight excluding hydrogens is 152 g/mol. The molecule has 2 rings (SSSR count). The molecule has 0 aliphatic heterocycles. The molecule has 0 aromatic rings. The van der Waals surface area contributed by atoms with E-state index in [-0.39, 0.29) is 12.2 Å². The third-order valence-corrected chi connectivity index (χ3v) is 3.61. The van der Waals surface area contributed by atoms with Gasteiger partial charge in [-0.15, -0.1) is 0 Å². The van der Waals surface area contributed by atoms with Crippen LogP contribution in [-0.4, -0.2) is 22.4 Å². The zero-order valence-corrected chi connectivity index (χ0v) is 7.45. The molecule has 2 unspecified atom stereocenters. The monoisotopic (exact) mass is 170 g/mol. The quantitative estimate of drug-likeness (QED) is 0.575. The van der Waals surface area contributed by atoms with E-state index >= 15 is 0 Å². The summed E-state index contributed by atoms with van der Waals surface area (Å²) in [6, 6.07) is 0. The first kappa shape index (κ1) is 8.52. The van der Waals surface area contributed by atoms with Gasteiger partial charge in [0.05, 0.1) is 12.2 Å². The fraction of sp³-hybridized carbons (Fsp3) is 1.00.